The lowest BCUT2D eigenvalue weighted by Gasteiger charge is -2.24. The van der Waals surface area contributed by atoms with Gasteiger partial charge in [0, 0.05) is 140 Å². The first-order valence-corrected chi connectivity index (χ1v) is 47.8. The zero-order chi connectivity index (χ0) is 88.7. The summed E-state index contributed by atoms with van der Waals surface area (Å²) in [6.07, 6.45) is 17.1. The van der Waals surface area contributed by atoms with Crippen molar-refractivity contribution in [2.75, 3.05) is 5.33 Å². The van der Waals surface area contributed by atoms with E-state index < -0.39 is 0 Å². The van der Waals surface area contributed by atoms with Crippen LogP contribution in [0.3, 0.4) is 0 Å². The van der Waals surface area contributed by atoms with Gasteiger partial charge in [-0.25, -0.2) is 0 Å². The Morgan fingerprint density at radius 3 is 1.08 bits per heavy atom. The van der Waals surface area contributed by atoms with Crippen LogP contribution >= 0.6 is 110 Å². The molecule has 12 aromatic rings. The summed E-state index contributed by atoms with van der Waals surface area (Å²) in [4.78, 5) is 83.2. The number of ketones is 7. The summed E-state index contributed by atoms with van der Waals surface area (Å²) in [5.41, 5.74) is 28.9. The standard InChI is InChI=1S/C19H15BrO3.C19H16O2.C17H14BrClO2.2C17H13ClO2.C10H10O2.C7H5Br2Cl/c20-9-18(22)12-4-5-14-13(6-12)10-23-19-8-15-11(7-16(14)19)2-1-3-17(15)21;1-2-12-6-7-15-14(8-12)11-21-19-10-16-13(9-17(15)19)4-3-5-18(16)20;18-16-7-5-13(19)8-12(16)10-21-14-6-4-11-2-1-3-17(20)15(11)9-14;2*18-12-4-5-13-11(6-12)9-20-17-8-14-10(7-15(13)17)2-1-3-16(14)19;11-8-5-4-7-2-1-3-10(12)9(7)6-8;8-4-5-3-6(10)1-2-7(5)9/h4-8H,1-3,9-10H2;2,6-10H,1,3-5,11H2;4-9H,1-3,10H2;2*4-8H,1-3,9H2;4-6,11H,1-3H2;1-3H,4H2. The fourth-order valence-electron chi connectivity index (χ4n) is 17.6. The molecule has 10 aliphatic rings. The number of carbonyl (C=O) groups is 7. The molecule has 6 aliphatic carbocycles. The number of Topliss-reactive ketones (excluding diaryl/α,β-unsaturated/α-hetero) is 7. The quantitative estimate of drug-likeness (QED) is 0.117. The molecule has 0 bridgehead atoms. The molecule has 13 nitrogen and oxygen atoms in total. The summed E-state index contributed by atoms with van der Waals surface area (Å²) in [5.74, 6) is 5.50. The number of aryl methyl sites for hydroxylation is 6. The molecule has 127 heavy (non-hydrogen) atoms. The van der Waals surface area contributed by atoms with Gasteiger partial charge in [-0.3, -0.25) is 33.6 Å². The topological polar surface area (TPSA) is 186 Å². The summed E-state index contributed by atoms with van der Waals surface area (Å²) in [5, 5.41) is 13.2. The van der Waals surface area contributed by atoms with Crippen molar-refractivity contribution >= 4 is 157 Å². The maximum absolute atomic E-state index is 12.1. The fraction of sp³-hybridized carbons (Fsp3) is 0.236. The predicted molar refractivity (Wildman–Crippen MR) is 517 cm³/mol. The number of aromatic hydroxyl groups is 1. The number of hydrogen-bond donors (Lipinski definition) is 1. The molecule has 0 aromatic heterocycles. The zero-order valence-electron chi connectivity index (χ0n) is 69.3. The van der Waals surface area contributed by atoms with Crippen molar-refractivity contribution < 1.29 is 62.4 Å². The number of phenols is 1. The van der Waals surface area contributed by atoms with Gasteiger partial charge in [0.15, 0.2) is 40.5 Å². The summed E-state index contributed by atoms with van der Waals surface area (Å²) in [6.45, 7) is 6.22. The highest BCUT2D eigenvalue weighted by Crippen LogP contribution is 2.47. The minimum atomic E-state index is 0.0645. The highest BCUT2D eigenvalue weighted by molar-refractivity contribution is 9.11. The number of alkyl halides is 2. The van der Waals surface area contributed by atoms with Crippen molar-refractivity contribution in [2.24, 2.45) is 0 Å². The lowest BCUT2D eigenvalue weighted by atomic mass is 9.86. The summed E-state index contributed by atoms with van der Waals surface area (Å²) < 4.78 is 31.2. The molecule has 21 heteroatoms. The van der Waals surface area contributed by atoms with Crippen LogP contribution in [0.2, 0.25) is 20.1 Å². The van der Waals surface area contributed by atoms with E-state index in [0.717, 1.165) is 263 Å². The maximum atomic E-state index is 12.1. The largest absolute Gasteiger partial charge is 0.508 e. The second-order valence-electron chi connectivity index (χ2n) is 32.5. The van der Waals surface area contributed by atoms with Gasteiger partial charge in [-0.2, -0.15) is 0 Å². The molecule has 0 unspecified atom stereocenters. The Labute approximate surface area is 791 Å². The first-order chi connectivity index (χ1) is 61.5. The predicted octanol–water partition coefficient (Wildman–Crippen LogP) is 28.7. The maximum Gasteiger partial charge on any atom is 0.173 e. The summed E-state index contributed by atoms with van der Waals surface area (Å²) in [7, 11) is 0. The van der Waals surface area contributed by atoms with Crippen molar-refractivity contribution in [1.29, 1.82) is 0 Å². The molecule has 644 valence electrons. The molecule has 12 aromatic carbocycles. The van der Waals surface area contributed by atoms with E-state index in [1.165, 1.54) is 16.7 Å². The normalized spacial score (nSPS) is 14.9. The smallest absolute Gasteiger partial charge is 0.173 e. The van der Waals surface area contributed by atoms with E-state index >= 15 is 0 Å². The Balaban J connectivity index is 0.000000110. The molecule has 0 saturated heterocycles. The van der Waals surface area contributed by atoms with Crippen LogP contribution in [0.25, 0.3) is 50.6 Å². The first kappa shape index (κ1) is 90.3. The number of fused-ring (bicyclic) bond motifs is 18. The number of hydrogen-bond acceptors (Lipinski definition) is 13. The van der Waals surface area contributed by atoms with Crippen LogP contribution in [0.15, 0.2) is 210 Å². The molecule has 0 fully saturated rings. The Morgan fingerprint density at radius 1 is 0.339 bits per heavy atom. The van der Waals surface area contributed by atoms with E-state index in [1.807, 2.05) is 146 Å². The number of carbonyl (C=O) groups excluding carboxylic acids is 7. The molecule has 22 rings (SSSR count). The van der Waals surface area contributed by atoms with E-state index in [4.69, 9.17) is 75.2 Å². The van der Waals surface area contributed by atoms with E-state index in [2.05, 4.69) is 113 Å². The van der Waals surface area contributed by atoms with Crippen molar-refractivity contribution in [3.63, 3.8) is 0 Å². The zero-order valence-corrected chi connectivity index (χ0v) is 78.7. The van der Waals surface area contributed by atoms with Crippen molar-refractivity contribution in [2.45, 2.75) is 154 Å². The monoisotopic (exact) mass is 2020 g/mol. The van der Waals surface area contributed by atoms with Gasteiger partial charge in [-0.1, -0.05) is 171 Å². The lowest BCUT2D eigenvalue weighted by Crippen LogP contribution is -2.14. The first-order valence-electron chi connectivity index (χ1n) is 42.5. The second-order valence-corrected chi connectivity index (χ2v) is 37.1. The van der Waals surface area contributed by atoms with Crippen LogP contribution in [0, 0.1) is 0 Å². The van der Waals surface area contributed by atoms with Gasteiger partial charge in [0.1, 0.15) is 67.5 Å². The number of rotatable bonds is 7. The minimum Gasteiger partial charge on any atom is -0.508 e. The number of benzene rings is 12. The Kier molecular flexibility index (Phi) is 29.0. The van der Waals surface area contributed by atoms with E-state index in [0.29, 0.717) is 93.0 Å². The Morgan fingerprint density at radius 2 is 0.677 bits per heavy atom. The van der Waals surface area contributed by atoms with Gasteiger partial charge in [0.25, 0.3) is 0 Å². The van der Waals surface area contributed by atoms with Gasteiger partial charge >= 0.3 is 0 Å². The number of phenolic OH excluding ortho intramolecular Hbond substituents is 1. The highest BCUT2D eigenvalue weighted by Gasteiger charge is 2.31. The van der Waals surface area contributed by atoms with Crippen LogP contribution < -0.4 is 23.7 Å². The molecule has 0 amide bonds. The molecule has 4 aliphatic heterocycles. The SMILES string of the molecule is C=Cc1ccc2c(c1)COc1cc3c(cc1-2)CCCC3=O.Clc1ccc(Br)c(CBr)c1.O=C(CBr)c1ccc2c(c1)COc1cc3c(cc1-2)CCCC3=O.O=C1CCCc2cc3c(cc21)OCc1cc(Cl)ccc1-3.O=C1CCCc2cc3c(cc21)OCc1cc(Cl)ccc1-3.O=C1CCCc2ccc(O)cc21.O=C1CCCc2ccc(OCc3cc(Cl)ccc3Br)cc21. The summed E-state index contributed by atoms with van der Waals surface area (Å²) >= 11 is 37.3. The average molecular weight is 2030 g/mol. The molecular weight excluding hydrogens is 1940 g/mol. The van der Waals surface area contributed by atoms with Crippen molar-refractivity contribution in [3.8, 4) is 79.0 Å². The molecule has 4 heterocycles. The Hall–Kier alpha value is -10.1. The third-order valence-corrected chi connectivity index (χ3v) is 27.8. The average Bonchev–Trinajstić information content (AvgIpc) is 0.775. The van der Waals surface area contributed by atoms with Crippen LogP contribution in [-0.2, 0) is 76.9 Å². The van der Waals surface area contributed by atoms with E-state index in [9.17, 15) is 33.6 Å². The molecular formula is C106H86Br4Cl4O13. The fourth-order valence-corrected chi connectivity index (χ4v) is 20.3. The lowest BCUT2D eigenvalue weighted by molar-refractivity contribution is 0.0964. The van der Waals surface area contributed by atoms with Gasteiger partial charge in [-0.05, 0) is 312 Å². The molecule has 1 N–H and O–H groups in total. The van der Waals surface area contributed by atoms with Crippen molar-refractivity contribution in [1.82, 2.24) is 0 Å². The highest BCUT2D eigenvalue weighted by atomic mass is 79.9. The third-order valence-electron chi connectivity index (χ3n) is 24.2. The Bertz CT molecular complexity index is 6330. The number of halogens is 8. The molecule has 0 atom stereocenters. The van der Waals surface area contributed by atoms with Gasteiger partial charge < -0.3 is 28.8 Å². The molecule has 0 spiro atoms. The molecule has 0 saturated carbocycles. The van der Waals surface area contributed by atoms with Crippen LogP contribution in [0.5, 0.6) is 34.5 Å². The summed E-state index contributed by atoms with van der Waals surface area (Å²) in [6, 6.07) is 62.2. The molecule has 0 radical (unpaired) electrons. The van der Waals surface area contributed by atoms with E-state index in [1.54, 1.807) is 12.1 Å². The number of ether oxygens (including phenoxy) is 5. The van der Waals surface area contributed by atoms with Crippen LogP contribution in [0.1, 0.15) is 222 Å². The minimum absolute atomic E-state index is 0.0645. The van der Waals surface area contributed by atoms with Gasteiger partial charge in [-0.15, -0.1) is 0 Å². The van der Waals surface area contributed by atoms with Gasteiger partial charge in [0.2, 0.25) is 0 Å². The van der Waals surface area contributed by atoms with Crippen LogP contribution in [-0.4, -0.2) is 50.9 Å². The van der Waals surface area contributed by atoms with Crippen LogP contribution in [0.4, 0.5) is 0 Å². The van der Waals surface area contributed by atoms with Gasteiger partial charge in [0.05, 0.1) is 5.33 Å². The second kappa shape index (κ2) is 40.7. The third kappa shape index (κ3) is 20.8. The van der Waals surface area contributed by atoms with E-state index in [-0.39, 0.29) is 46.2 Å². The van der Waals surface area contributed by atoms with Crippen molar-refractivity contribution in [3.05, 3.63) is 341 Å².